The number of carbonyl (C=O) groups is 10. The van der Waals surface area contributed by atoms with E-state index in [-0.39, 0.29) is 35.1 Å². The zero-order valence-corrected chi connectivity index (χ0v) is 98.7. The van der Waals surface area contributed by atoms with E-state index in [9.17, 15) is 169 Å². The minimum absolute atomic E-state index is 0.0102. The molecule has 4 aliphatic carbocycles. The highest BCUT2D eigenvalue weighted by atomic mass is 127. The van der Waals surface area contributed by atoms with Crippen LogP contribution in [0.5, 0.6) is 0 Å². The maximum atomic E-state index is 13.3. The monoisotopic (exact) mass is 3490 g/mol. The van der Waals surface area contributed by atoms with Crippen LogP contribution in [0.25, 0.3) is 0 Å². The van der Waals surface area contributed by atoms with E-state index >= 15 is 0 Å². The maximum Gasteiger partial charge on any atom is 0.426 e. The normalized spacial score (nSPS) is 30.8. The largest absolute Gasteiger partial charge is 0.748 e. The number of benzene rings is 4. The summed E-state index contributed by atoms with van der Waals surface area (Å²) in [5.74, 6) is -32.5. The Hall–Kier alpha value is -1.12. The minimum atomic E-state index is -5.48. The van der Waals surface area contributed by atoms with E-state index < -0.39 is 335 Å². The molecule has 784 valence electrons. The van der Waals surface area contributed by atoms with E-state index in [1.807, 2.05) is 283 Å². The van der Waals surface area contributed by atoms with Crippen molar-refractivity contribution < 1.29 is 235 Å². The van der Waals surface area contributed by atoms with Crippen LogP contribution in [-0.4, -0.2) is 284 Å². The third-order valence-corrected chi connectivity index (χ3v) is 44.7. The number of esters is 10. The summed E-state index contributed by atoms with van der Waals surface area (Å²) in [7, 11) is -30.7. The van der Waals surface area contributed by atoms with Gasteiger partial charge in [-0.2, -0.15) is 69.5 Å². The van der Waals surface area contributed by atoms with E-state index in [4.69, 9.17) is 46.3 Å². The predicted octanol–water partition coefficient (Wildman–Crippen LogP) is 8.78. The third-order valence-electron chi connectivity index (χ3n) is 23.7. The van der Waals surface area contributed by atoms with Gasteiger partial charge in [-0.1, -0.05) is 0 Å². The number of halogens is 24. The summed E-state index contributed by atoms with van der Waals surface area (Å²) in [6.45, 7) is 0. The van der Waals surface area contributed by atoms with Crippen molar-refractivity contribution in [3.8, 4) is 0 Å². The predicted molar refractivity (Wildman–Crippen MR) is 534 cm³/mol. The fourth-order valence-electron chi connectivity index (χ4n) is 18.4. The summed E-state index contributed by atoms with van der Waals surface area (Å²) in [6.07, 6.45) is -49.5. The molecule has 0 radical (unpaired) electrons. The van der Waals surface area contributed by atoms with Gasteiger partial charge in [-0.3, -0.25) is 37.1 Å². The van der Waals surface area contributed by atoms with Gasteiger partial charge >= 0.3 is 84.4 Å². The molecule has 142 heavy (non-hydrogen) atoms. The first-order valence-corrected chi connectivity index (χ1v) is 61.0. The molecule has 12 aliphatic rings. The van der Waals surface area contributed by atoms with Gasteiger partial charge in [0.25, 0.3) is 20.2 Å². The molecule has 0 spiro atoms. The van der Waals surface area contributed by atoms with E-state index in [0.717, 1.165) is 17.9 Å². The zero-order valence-electron chi connectivity index (χ0n) is 67.9. The summed E-state index contributed by atoms with van der Waals surface area (Å²) < 4.78 is 419. The molecule has 28 atom stereocenters. The molecule has 70 heteroatoms. The van der Waals surface area contributed by atoms with Gasteiger partial charge in [0, 0.05) is 66.5 Å². The van der Waals surface area contributed by atoms with Crippen molar-refractivity contribution in [2.24, 2.45) is 59.2 Å². The molecule has 40 nitrogen and oxygen atoms in total. The standard InChI is InChI=1S/C19H14F3I3O9S.C18H14F3I3O10S2.C18H12F3I3O10S.C17H12F3I3O11S2/c20-19(21,22)10(4-35(29,30)31)32-17(27)11-6-3-7-12(11)18(28)34-15(7)14(6)33-16(26)8-1-5(23)2-9(24)13(8)25;19-18(20,21)10(4-35(27,28)29)32-17(26)11-6-3-8-14(34-36(30,31)15(8)11)13(6)33-16(25)7-1-5(22)2-9(23)12(7)24;19-18(20,21)7(3-35(28,29)30)31-16(26)8-9-12-14(34-17(9)27)13(11(8)32-12)33-15(25)5-1-4(22)2-6(23)10(5)24;18-17(19,20)7(3-35(26,27)28)31-16(25)8-10-11(12-13(32-10)14(8)36(29,30)34-12)33-15(24)5-1-4(21)2-6(22)9(5)23/h1-2,6-7,10-12,14-15H,3-4H2,(H,29,30,31);1-2,6,8,10-11,13-15H,3-4H2,(H,27,28,29);1-2,7-9,11-14H,3H2,(H,28,29,30);1-2,7-8,10-14H,3H2,(H,26,27,28)/p-4. The van der Waals surface area contributed by atoms with Crippen molar-refractivity contribution in [3.05, 3.63) is 114 Å². The van der Waals surface area contributed by atoms with E-state index in [1.54, 1.807) is 24.3 Å². The topological polar surface area (TPSA) is 597 Å². The van der Waals surface area contributed by atoms with Crippen molar-refractivity contribution in [2.75, 3.05) is 23.0 Å². The van der Waals surface area contributed by atoms with Crippen LogP contribution in [0.1, 0.15) is 54.3 Å². The molecular weight excluding hydrogens is 3450 g/mol. The fraction of sp³-hybridized carbons (Fsp3) is 0.528. The third kappa shape index (κ3) is 25.6. The lowest BCUT2D eigenvalue weighted by molar-refractivity contribution is -0.219. The van der Waals surface area contributed by atoms with E-state index in [2.05, 4.69) is 18.9 Å². The lowest BCUT2D eigenvalue weighted by Gasteiger charge is -2.31. The highest BCUT2D eigenvalue weighted by Crippen LogP contribution is 2.62. The van der Waals surface area contributed by atoms with Crippen molar-refractivity contribution >= 4 is 391 Å². The molecule has 4 saturated carbocycles. The molecule has 8 saturated heterocycles. The lowest BCUT2D eigenvalue weighted by atomic mass is 9.78. The van der Waals surface area contributed by atoms with Gasteiger partial charge in [-0.05, 0) is 332 Å². The van der Waals surface area contributed by atoms with Crippen molar-refractivity contribution in [1.29, 1.82) is 0 Å². The molecule has 16 rings (SSSR count). The van der Waals surface area contributed by atoms with Gasteiger partial charge in [0.05, 0.1) is 103 Å². The number of carbonyl (C=O) groups excluding carboxylic acids is 10. The second kappa shape index (κ2) is 43.6. The first-order valence-electron chi connectivity index (χ1n) is 38.8. The molecule has 4 aromatic carbocycles. The van der Waals surface area contributed by atoms with Crippen molar-refractivity contribution in [1.82, 2.24) is 0 Å². The van der Waals surface area contributed by atoms with Crippen LogP contribution >= 0.6 is 271 Å². The second-order valence-electron chi connectivity index (χ2n) is 32.5. The number of alkyl halides is 12. The number of hydrogen-bond acceptors (Lipinski definition) is 40. The Morgan fingerprint density at radius 2 is 0.620 bits per heavy atom. The highest BCUT2D eigenvalue weighted by molar-refractivity contribution is 14.1. The van der Waals surface area contributed by atoms with Crippen LogP contribution in [0.4, 0.5) is 52.7 Å². The number of rotatable bonds is 24. The SMILES string of the molecule is O=C(OC1C2CC3C1OC(=O)C3C2C(=O)OC(CS(=O)(=O)[O-])C(F)(F)F)c1cc(I)cc(I)c1I.O=C(OC1C2CC3C1OS(=O)(=O)C3C2C(=O)OC(CS(=O)(=O)[O-])C(F)(F)F)c1cc(I)cc(I)c1I.O=C(OC1C2OC(=O)C3C2OC1C3C(=O)OC(CS(=O)(=O)[O-])C(F)(F)F)c1cc(I)cc(I)c1I.O=C(OC1C2OS(=O)(=O)C3C2OC1C3C(=O)OC(CS(=O)(=O)[O-])C(F)(F)F)c1cc(I)cc(I)c1I. The fourth-order valence-corrected chi connectivity index (χ4v) is 34.3. The highest BCUT2D eigenvalue weighted by Gasteiger charge is 2.77. The lowest BCUT2D eigenvalue weighted by Crippen LogP contribution is -2.51. The molecule has 0 aromatic heterocycles. The summed E-state index contributed by atoms with van der Waals surface area (Å²) in [5, 5.41) is -3.32. The molecular formula is C72H48F12I12O40S6-4. The van der Waals surface area contributed by atoms with Gasteiger partial charge in [-0.25, -0.2) is 52.8 Å². The van der Waals surface area contributed by atoms with E-state index in [0.29, 0.717) is 25.0 Å². The summed E-state index contributed by atoms with van der Waals surface area (Å²) in [4.78, 5) is 128. The maximum absolute atomic E-state index is 13.3. The van der Waals surface area contributed by atoms with Gasteiger partial charge < -0.3 is 75.1 Å². The molecule has 12 fully saturated rings. The Kier molecular flexibility index (Phi) is 36.2. The molecule has 0 N–H and O–H groups in total. The van der Waals surface area contributed by atoms with Gasteiger partial charge in [0.15, 0.2) is 18.3 Å². The van der Waals surface area contributed by atoms with Crippen LogP contribution < -0.4 is 0 Å². The first-order chi connectivity index (χ1) is 65.0. The zero-order chi connectivity index (χ0) is 106. The van der Waals surface area contributed by atoms with Crippen LogP contribution in [0.2, 0.25) is 0 Å². The molecule has 8 heterocycles. The Labute approximate surface area is 954 Å². The average molecular weight is 3500 g/mol. The Balaban J connectivity index is 0.000000159. The quantitative estimate of drug-likeness (QED) is 0.0120. The van der Waals surface area contributed by atoms with Crippen LogP contribution in [-0.2, 0) is 155 Å². The summed E-state index contributed by atoms with van der Waals surface area (Å²) in [6, 6.07) is 13.4. The van der Waals surface area contributed by atoms with Gasteiger partial charge in [-0.15, -0.1) is 0 Å². The van der Waals surface area contributed by atoms with Crippen molar-refractivity contribution in [3.63, 3.8) is 0 Å². The molecule has 28 unspecified atom stereocenters. The molecule has 8 aliphatic heterocycles. The smallest absolute Gasteiger partial charge is 0.426 e. The molecule has 4 aromatic rings. The van der Waals surface area contributed by atoms with Gasteiger partial charge in [0.2, 0.25) is 24.4 Å². The van der Waals surface area contributed by atoms with Crippen LogP contribution in [0, 0.1) is 102 Å². The number of hydrogen-bond donors (Lipinski definition) is 0. The summed E-state index contributed by atoms with van der Waals surface area (Å²) in [5.41, 5.74) is 0.706. The van der Waals surface area contributed by atoms with Crippen LogP contribution in [0.3, 0.4) is 0 Å². The number of ether oxygens (including phenoxy) is 12. The first kappa shape index (κ1) is 118. The Morgan fingerprint density at radius 3 is 0.986 bits per heavy atom. The molecule has 8 bridgehead atoms. The molecule has 0 amide bonds. The summed E-state index contributed by atoms with van der Waals surface area (Å²) >= 11 is 23.7. The van der Waals surface area contributed by atoms with Crippen molar-refractivity contribution in [2.45, 2.75) is 146 Å². The van der Waals surface area contributed by atoms with E-state index in [1.165, 1.54) is 12.1 Å². The van der Waals surface area contributed by atoms with Gasteiger partial charge in [0.1, 0.15) is 83.2 Å². The number of fused-ring (bicyclic) bond motifs is 4. The average Bonchev–Trinajstić information content (AvgIpc) is 1.54. The van der Waals surface area contributed by atoms with Crippen LogP contribution in [0.15, 0.2) is 48.5 Å². The Bertz CT molecular complexity index is 6250. The Morgan fingerprint density at radius 1 is 0.338 bits per heavy atom. The second-order valence-corrected chi connectivity index (χ2v) is 55.7. The minimum Gasteiger partial charge on any atom is -0.748 e.